The van der Waals surface area contributed by atoms with E-state index in [1.807, 2.05) is 24.3 Å². The SMILES string of the molecule is C[C@@H](O)CCN[C@@H](c1ccc(Br)cc1)c1ccco1. The average molecular weight is 324 g/mol. The predicted octanol–water partition coefficient (Wildman–Crippen LogP) is 3.49. The minimum absolute atomic E-state index is 0.0156. The van der Waals surface area contributed by atoms with Crippen LogP contribution in [0.4, 0.5) is 0 Å². The molecule has 0 aliphatic carbocycles. The van der Waals surface area contributed by atoms with Crippen LogP contribution in [0.5, 0.6) is 0 Å². The lowest BCUT2D eigenvalue weighted by atomic mass is 10.0. The highest BCUT2D eigenvalue weighted by molar-refractivity contribution is 9.10. The van der Waals surface area contributed by atoms with E-state index in [1.54, 1.807) is 13.2 Å². The number of aliphatic hydroxyl groups is 1. The molecular formula is C15H18BrNO2. The molecule has 1 heterocycles. The van der Waals surface area contributed by atoms with E-state index >= 15 is 0 Å². The van der Waals surface area contributed by atoms with Crippen molar-refractivity contribution in [3.8, 4) is 0 Å². The highest BCUT2D eigenvalue weighted by atomic mass is 79.9. The molecule has 0 saturated carbocycles. The van der Waals surface area contributed by atoms with Crippen LogP contribution in [0, 0.1) is 0 Å². The molecule has 0 amide bonds. The molecule has 2 atom stereocenters. The zero-order chi connectivity index (χ0) is 13.7. The zero-order valence-electron chi connectivity index (χ0n) is 10.8. The normalized spacial score (nSPS) is 14.3. The van der Waals surface area contributed by atoms with Crippen molar-refractivity contribution in [2.75, 3.05) is 6.54 Å². The topological polar surface area (TPSA) is 45.4 Å². The summed E-state index contributed by atoms with van der Waals surface area (Å²) in [6, 6.07) is 12.0. The van der Waals surface area contributed by atoms with Crippen LogP contribution in [0.25, 0.3) is 0 Å². The van der Waals surface area contributed by atoms with Crippen molar-refractivity contribution in [2.45, 2.75) is 25.5 Å². The van der Waals surface area contributed by atoms with Gasteiger partial charge < -0.3 is 14.8 Å². The van der Waals surface area contributed by atoms with Gasteiger partial charge in [0.1, 0.15) is 5.76 Å². The van der Waals surface area contributed by atoms with E-state index in [4.69, 9.17) is 4.42 Å². The van der Waals surface area contributed by atoms with Crippen molar-refractivity contribution in [2.24, 2.45) is 0 Å². The van der Waals surface area contributed by atoms with Gasteiger partial charge in [-0.15, -0.1) is 0 Å². The lowest BCUT2D eigenvalue weighted by molar-refractivity contribution is 0.182. The third kappa shape index (κ3) is 4.20. The Bertz CT molecular complexity index is 479. The minimum atomic E-state index is -0.297. The molecule has 0 bridgehead atoms. The van der Waals surface area contributed by atoms with Crippen molar-refractivity contribution in [1.29, 1.82) is 0 Å². The van der Waals surface area contributed by atoms with Crippen LogP contribution >= 0.6 is 15.9 Å². The third-order valence-corrected chi connectivity index (χ3v) is 3.47. The molecule has 3 nitrogen and oxygen atoms in total. The van der Waals surface area contributed by atoms with Crippen LogP contribution in [0.2, 0.25) is 0 Å². The number of rotatable bonds is 6. The van der Waals surface area contributed by atoms with Crippen molar-refractivity contribution in [3.63, 3.8) is 0 Å². The standard InChI is InChI=1S/C15H18BrNO2/c1-11(18)8-9-17-15(14-3-2-10-19-14)12-4-6-13(16)7-5-12/h2-7,10-11,15,17-18H,8-9H2,1H3/t11-,15+/m1/s1. The van der Waals surface area contributed by atoms with Gasteiger partial charge in [0.15, 0.2) is 0 Å². The first-order valence-corrected chi connectivity index (χ1v) is 7.16. The fraction of sp³-hybridized carbons (Fsp3) is 0.333. The maximum atomic E-state index is 9.33. The van der Waals surface area contributed by atoms with Crippen LogP contribution < -0.4 is 5.32 Å². The third-order valence-electron chi connectivity index (χ3n) is 2.94. The Balaban J connectivity index is 2.12. The molecule has 0 radical (unpaired) electrons. The minimum Gasteiger partial charge on any atom is -0.467 e. The van der Waals surface area contributed by atoms with E-state index in [1.165, 1.54) is 0 Å². The van der Waals surface area contributed by atoms with Gasteiger partial charge in [-0.3, -0.25) is 0 Å². The van der Waals surface area contributed by atoms with Gasteiger partial charge in [0, 0.05) is 4.47 Å². The van der Waals surface area contributed by atoms with E-state index < -0.39 is 0 Å². The van der Waals surface area contributed by atoms with Crippen LogP contribution in [0.1, 0.15) is 30.7 Å². The van der Waals surface area contributed by atoms with Crippen molar-refractivity contribution in [1.82, 2.24) is 5.32 Å². The molecule has 19 heavy (non-hydrogen) atoms. The first-order chi connectivity index (χ1) is 9.16. The molecule has 0 saturated heterocycles. The maximum Gasteiger partial charge on any atom is 0.125 e. The number of hydrogen-bond acceptors (Lipinski definition) is 3. The number of furan rings is 1. The van der Waals surface area contributed by atoms with Gasteiger partial charge in [0.2, 0.25) is 0 Å². The summed E-state index contributed by atoms with van der Waals surface area (Å²) in [5.41, 5.74) is 1.14. The lowest BCUT2D eigenvalue weighted by Gasteiger charge is -2.18. The van der Waals surface area contributed by atoms with E-state index in [9.17, 15) is 5.11 Å². The average Bonchev–Trinajstić information content (AvgIpc) is 2.89. The second kappa shape index (κ2) is 6.89. The first-order valence-electron chi connectivity index (χ1n) is 6.37. The Labute approximate surface area is 121 Å². The van der Waals surface area contributed by atoms with Crippen LogP contribution in [-0.4, -0.2) is 17.8 Å². The van der Waals surface area contributed by atoms with E-state index in [0.717, 1.165) is 22.3 Å². The van der Waals surface area contributed by atoms with Gasteiger partial charge in [-0.1, -0.05) is 28.1 Å². The fourth-order valence-corrected chi connectivity index (χ4v) is 2.19. The predicted molar refractivity (Wildman–Crippen MR) is 79.0 cm³/mol. The molecule has 0 fully saturated rings. The summed E-state index contributed by atoms with van der Waals surface area (Å²) in [5.74, 6) is 0.882. The number of halogens is 1. The second-order valence-electron chi connectivity index (χ2n) is 4.59. The fourth-order valence-electron chi connectivity index (χ4n) is 1.93. The summed E-state index contributed by atoms with van der Waals surface area (Å²) < 4.78 is 6.56. The maximum absolute atomic E-state index is 9.33. The van der Waals surface area contributed by atoms with Gasteiger partial charge in [-0.2, -0.15) is 0 Å². The van der Waals surface area contributed by atoms with Gasteiger partial charge in [-0.25, -0.2) is 0 Å². The van der Waals surface area contributed by atoms with Gasteiger partial charge in [-0.05, 0) is 49.7 Å². The Kier molecular flexibility index (Phi) is 5.19. The molecule has 1 aromatic carbocycles. The number of hydrogen-bond donors (Lipinski definition) is 2. The Hall–Kier alpha value is -1.10. The Morgan fingerprint density at radius 1 is 1.26 bits per heavy atom. The van der Waals surface area contributed by atoms with E-state index in [2.05, 4.69) is 33.4 Å². The molecule has 1 aromatic heterocycles. The van der Waals surface area contributed by atoms with Crippen molar-refractivity contribution in [3.05, 3.63) is 58.5 Å². The number of aliphatic hydroxyl groups excluding tert-OH is 1. The molecule has 102 valence electrons. The molecule has 2 N–H and O–H groups in total. The van der Waals surface area contributed by atoms with Gasteiger partial charge >= 0.3 is 0 Å². The van der Waals surface area contributed by atoms with Crippen LogP contribution in [0.3, 0.4) is 0 Å². The molecule has 0 aliphatic heterocycles. The summed E-state index contributed by atoms with van der Waals surface area (Å²) in [5, 5.41) is 12.8. The molecule has 0 spiro atoms. The van der Waals surface area contributed by atoms with Crippen LogP contribution in [-0.2, 0) is 0 Å². The van der Waals surface area contributed by atoms with Gasteiger partial charge in [0.05, 0.1) is 18.4 Å². The summed E-state index contributed by atoms with van der Waals surface area (Å²) >= 11 is 3.44. The Morgan fingerprint density at radius 3 is 2.58 bits per heavy atom. The summed E-state index contributed by atoms with van der Waals surface area (Å²) in [6.45, 7) is 2.53. The molecule has 0 aliphatic rings. The second-order valence-corrected chi connectivity index (χ2v) is 5.51. The highest BCUT2D eigenvalue weighted by Gasteiger charge is 2.16. The molecule has 4 heteroatoms. The van der Waals surface area contributed by atoms with Crippen molar-refractivity contribution < 1.29 is 9.52 Å². The largest absolute Gasteiger partial charge is 0.467 e. The summed E-state index contributed by atoms with van der Waals surface area (Å²) in [6.07, 6.45) is 2.10. The molecule has 0 unspecified atom stereocenters. The molecule has 2 aromatic rings. The van der Waals surface area contributed by atoms with E-state index in [-0.39, 0.29) is 12.1 Å². The number of nitrogens with one attached hydrogen (secondary N) is 1. The molecule has 2 rings (SSSR count). The van der Waals surface area contributed by atoms with Crippen molar-refractivity contribution >= 4 is 15.9 Å². The smallest absolute Gasteiger partial charge is 0.125 e. The number of benzene rings is 1. The molecular weight excluding hydrogens is 306 g/mol. The first kappa shape index (κ1) is 14.3. The lowest BCUT2D eigenvalue weighted by Crippen LogP contribution is -2.25. The van der Waals surface area contributed by atoms with E-state index in [0.29, 0.717) is 6.42 Å². The summed E-state index contributed by atoms with van der Waals surface area (Å²) in [7, 11) is 0. The highest BCUT2D eigenvalue weighted by Crippen LogP contribution is 2.24. The monoisotopic (exact) mass is 323 g/mol. The van der Waals surface area contributed by atoms with Crippen LogP contribution in [0.15, 0.2) is 51.6 Å². The van der Waals surface area contributed by atoms with Gasteiger partial charge in [0.25, 0.3) is 0 Å². The summed E-state index contributed by atoms with van der Waals surface area (Å²) in [4.78, 5) is 0. The Morgan fingerprint density at radius 2 is 2.00 bits per heavy atom. The zero-order valence-corrected chi connectivity index (χ0v) is 12.4. The quantitative estimate of drug-likeness (QED) is 0.855.